The minimum atomic E-state index is 0.00460. The minimum absolute atomic E-state index is 0.00460. The Morgan fingerprint density at radius 1 is 1.24 bits per heavy atom. The largest absolute Gasteiger partial charge is 0.395 e. The number of benzene rings is 1. The molecule has 0 bridgehead atoms. The zero-order valence-corrected chi connectivity index (χ0v) is 13.5. The van der Waals surface area contributed by atoms with Crippen molar-refractivity contribution in [2.24, 2.45) is 0 Å². The number of aryl methyl sites for hydroxylation is 1. The lowest BCUT2D eigenvalue weighted by molar-refractivity contribution is 0.0718. The van der Waals surface area contributed by atoms with Crippen LogP contribution in [0.4, 0.5) is 5.69 Å². The SMILES string of the molecule is CCCCN(CCO)C(=O)c1ccc(NCCC)cc1C. The number of hydrogen-bond donors (Lipinski definition) is 2. The van der Waals surface area contributed by atoms with E-state index in [0.717, 1.165) is 42.6 Å². The Hall–Kier alpha value is -1.55. The van der Waals surface area contributed by atoms with Crippen LogP contribution in [0.25, 0.3) is 0 Å². The normalized spacial score (nSPS) is 10.5. The van der Waals surface area contributed by atoms with E-state index >= 15 is 0 Å². The van der Waals surface area contributed by atoms with Gasteiger partial charge in [0.25, 0.3) is 5.91 Å². The van der Waals surface area contributed by atoms with Crippen molar-refractivity contribution in [3.8, 4) is 0 Å². The molecular weight excluding hydrogens is 264 g/mol. The average Bonchev–Trinajstić information content (AvgIpc) is 2.48. The second kappa shape index (κ2) is 9.40. The highest BCUT2D eigenvalue weighted by molar-refractivity contribution is 5.96. The zero-order chi connectivity index (χ0) is 15.7. The second-order valence-corrected chi connectivity index (χ2v) is 5.33. The summed E-state index contributed by atoms with van der Waals surface area (Å²) in [5.41, 5.74) is 2.75. The van der Waals surface area contributed by atoms with Gasteiger partial charge in [0, 0.05) is 30.9 Å². The fraction of sp³-hybridized carbons (Fsp3) is 0.588. The number of unbranched alkanes of at least 4 members (excludes halogenated alkanes) is 1. The third-order valence-electron chi connectivity index (χ3n) is 3.47. The maximum atomic E-state index is 12.6. The molecule has 21 heavy (non-hydrogen) atoms. The molecule has 0 atom stereocenters. The molecule has 0 unspecified atom stereocenters. The fourth-order valence-corrected chi connectivity index (χ4v) is 2.24. The summed E-state index contributed by atoms with van der Waals surface area (Å²) in [6.45, 7) is 8.21. The highest BCUT2D eigenvalue weighted by Crippen LogP contribution is 2.17. The number of nitrogens with zero attached hydrogens (tertiary/aromatic N) is 1. The molecular formula is C17H28N2O2. The maximum Gasteiger partial charge on any atom is 0.254 e. The first-order valence-electron chi connectivity index (χ1n) is 7.88. The Morgan fingerprint density at radius 2 is 2.00 bits per heavy atom. The van der Waals surface area contributed by atoms with E-state index < -0.39 is 0 Å². The van der Waals surface area contributed by atoms with Crippen molar-refractivity contribution in [1.29, 1.82) is 0 Å². The van der Waals surface area contributed by atoms with Crippen molar-refractivity contribution < 1.29 is 9.90 Å². The van der Waals surface area contributed by atoms with Gasteiger partial charge < -0.3 is 15.3 Å². The van der Waals surface area contributed by atoms with Gasteiger partial charge in [0.15, 0.2) is 0 Å². The van der Waals surface area contributed by atoms with E-state index in [1.165, 1.54) is 0 Å². The van der Waals surface area contributed by atoms with Crippen molar-refractivity contribution >= 4 is 11.6 Å². The summed E-state index contributed by atoms with van der Waals surface area (Å²) < 4.78 is 0. The van der Waals surface area contributed by atoms with Crippen molar-refractivity contribution in [2.45, 2.75) is 40.0 Å². The quantitative estimate of drug-likeness (QED) is 0.735. The van der Waals surface area contributed by atoms with E-state index in [2.05, 4.69) is 19.2 Å². The number of nitrogens with one attached hydrogen (secondary N) is 1. The van der Waals surface area contributed by atoms with E-state index in [4.69, 9.17) is 5.11 Å². The van der Waals surface area contributed by atoms with Crippen LogP contribution in [0.5, 0.6) is 0 Å². The molecule has 0 fully saturated rings. The van der Waals surface area contributed by atoms with Crippen LogP contribution < -0.4 is 5.32 Å². The number of amides is 1. The van der Waals surface area contributed by atoms with Gasteiger partial charge in [-0.15, -0.1) is 0 Å². The standard InChI is InChI=1S/C17H28N2O2/c1-4-6-10-19(11-12-20)17(21)16-8-7-15(13-14(16)3)18-9-5-2/h7-8,13,18,20H,4-6,9-12H2,1-3H3. The molecule has 4 heteroatoms. The van der Waals surface area contributed by atoms with Crippen LogP contribution in [-0.2, 0) is 0 Å². The van der Waals surface area contributed by atoms with Crippen LogP contribution in [0.3, 0.4) is 0 Å². The molecule has 0 aliphatic carbocycles. The third-order valence-corrected chi connectivity index (χ3v) is 3.47. The topological polar surface area (TPSA) is 52.6 Å². The molecule has 0 saturated heterocycles. The summed E-state index contributed by atoms with van der Waals surface area (Å²) in [7, 11) is 0. The molecule has 0 saturated carbocycles. The van der Waals surface area contributed by atoms with E-state index in [-0.39, 0.29) is 12.5 Å². The first kappa shape index (κ1) is 17.5. The van der Waals surface area contributed by atoms with Gasteiger partial charge in [-0.25, -0.2) is 0 Å². The van der Waals surface area contributed by atoms with Gasteiger partial charge in [-0.3, -0.25) is 4.79 Å². The van der Waals surface area contributed by atoms with E-state index in [9.17, 15) is 4.79 Å². The first-order chi connectivity index (χ1) is 10.1. The molecule has 1 aromatic rings. The first-order valence-corrected chi connectivity index (χ1v) is 7.88. The van der Waals surface area contributed by atoms with E-state index in [0.29, 0.717) is 13.1 Å². The summed E-state index contributed by atoms with van der Waals surface area (Å²) in [5.74, 6) is 0.0111. The third kappa shape index (κ3) is 5.38. The summed E-state index contributed by atoms with van der Waals surface area (Å²) in [4.78, 5) is 14.3. The van der Waals surface area contributed by atoms with Gasteiger partial charge in [-0.05, 0) is 43.5 Å². The van der Waals surface area contributed by atoms with E-state index in [1.807, 2.05) is 25.1 Å². The highest BCUT2D eigenvalue weighted by atomic mass is 16.3. The van der Waals surface area contributed by atoms with Crippen molar-refractivity contribution in [3.63, 3.8) is 0 Å². The Balaban J connectivity index is 2.83. The smallest absolute Gasteiger partial charge is 0.254 e. The fourth-order valence-electron chi connectivity index (χ4n) is 2.24. The van der Waals surface area contributed by atoms with Crippen LogP contribution in [0.2, 0.25) is 0 Å². The van der Waals surface area contributed by atoms with Crippen molar-refractivity contribution in [3.05, 3.63) is 29.3 Å². The molecule has 0 heterocycles. The Morgan fingerprint density at radius 3 is 2.57 bits per heavy atom. The molecule has 1 amide bonds. The van der Waals surface area contributed by atoms with Gasteiger partial charge in [0.2, 0.25) is 0 Å². The highest BCUT2D eigenvalue weighted by Gasteiger charge is 2.16. The number of anilines is 1. The predicted molar refractivity (Wildman–Crippen MR) is 87.9 cm³/mol. The molecule has 0 spiro atoms. The van der Waals surface area contributed by atoms with Gasteiger partial charge in [0.1, 0.15) is 0 Å². The maximum absolute atomic E-state index is 12.6. The Kier molecular flexibility index (Phi) is 7.83. The molecule has 0 aromatic heterocycles. The monoisotopic (exact) mass is 292 g/mol. The molecule has 0 aliphatic heterocycles. The van der Waals surface area contributed by atoms with Gasteiger partial charge in [0.05, 0.1) is 6.61 Å². The molecule has 2 N–H and O–H groups in total. The molecule has 4 nitrogen and oxygen atoms in total. The number of aliphatic hydroxyl groups is 1. The van der Waals surface area contributed by atoms with Crippen LogP contribution in [-0.4, -0.2) is 42.2 Å². The van der Waals surface area contributed by atoms with Crippen LogP contribution in [0.15, 0.2) is 18.2 Å². The van der Waals surface area contributed by atoms with Gasteiger partial charge >= 0.3 is 0 Å². The summed E-state index contributed by atoms with van der Waals surface area (Å²) in [5, 5.41) is 12.5. The minimum Gasteiger partial charge on any atom is -0.395 e. The summed E-state index contributed by atoms with van der Waals surface area (Å²) in [6, 6.07) is 5.85. The Labute approximate surface area is 128 Å². The van der Waals surface area contributed by atoms with Gasteiger partial charge in [-0.2, -0.15) is 0 Å². The second-order valence-electron chi connectivity index (χ2n) is 5.33. The Bertz CT molecular complexity index is 446. The molecule has 0 radical (unpaired) electrons. The lowest BCUT2D eigenvalue weighted by Gasteiger charge is -2.22. The van der Waals surface area contributed by atoms with Crippen molar-refractivity contribution in [1.82, 2.24) is 4.90 Å². The summed E-state index contributed by atoms with van der Waals surface area (Å²) in [6.07, 6.45) is 3.07. The number of carbonyl (C=O) groups is 1. The van der Waals surface area contributed by atoms with Crippen molar-refractivity contribution in [2.75, 3.05) is 31.6 Å². The average molecular weight is 292 g/mol. The van der Waals surface area contributed by atoms with Crippen LogP contribution in [0, 0.1) is 6.92 Å². The molecule has 1 aromatic carbocycles. The van der Waals surface area contributed by atoms with Gasteiger partial charge in [-0.1, -0.05) is 20.3 Å². The van der Waals surface area contributed by atoms with E-state index in [1.54, 1.807) is 4.90 Å². The number of rotatable bonds is 9. The predicted octanol–water partition coefficient (Wildman–Crippen LogP) is 3.05. The lowest BCUT2D eigenvalue weighted by atomic mass is 10.1. The lowest BCUT2D eigenvalue weighted by Crippen LogP contribution is -2.34. The number of carbonyl (C=O) groups excluding carboxylic acids is 1. The zero-order valence-electron chi connectivity index (χ0n) is 13.5. The number of aliphatic hydroxyl groups excluding tert-OH is 1. The van der Waals surface area contributed by atoms with Crippen LogP contribution >= 0.6 is 0 Å². The molecule has 0 aliphatic rings. The van der Waals surface area contributed by atoms with Crippen LogP contribution in [0.1, 0.15) is 49.0 Å². The molecule has 118 valence electrons. The molecule has 1 rings (SSSR count). The number of hydrogen-bond acceptors (Lipinski definition) is 3. The summed E-state index contributed by atoms with van der Waals surface area (Å²) >= 11 is 0.